The lowest BCUT2D eigenvalue weighted by Crippen LogP contribution is -1.86. The van der Waals surface area contributed by atoms with Gasteiger partial charge in [0.2, 0.25) is 0 Å². The summed E-state index contributed by atoms with van der Waals surface area (Å²) in [6.45, 7) is 2.27. The number of H-pyrrole nitrogens is 1. The molecule has 0 aliphatic rings. The molecule has 3 aromatic rings. The van der Waals surface area contributed by atoms with Gasteiger partial charge in [-0.25, -0.2) is 0 Å². The van der Waals surface area contributed by atoms with Gasteiger partial charge in [-0.1, -0.05) is 62.8 Å². The van der Waals surface area contributed by atoms with Crippen LogP contribution in [-0.4, -0.2) is 4.98 Å². The second kappa shape index (κ2) is 7.19. The molecule has 116 valence electrons. The number of aryl methyl sites for hydroxylation is 1. The zero-order valence-corrected chi connectivity index (χ0v) is 14.0. The number of unbranched alkanes of at least 4 members (excludes halogenated alkanes) is 5. The van der Waals surface area contributed by atoms with Gasteiger partial charge in [-0.3, -0.25) is 0 Å². The van der Waals surface area contributed by atoms with E-state index in [0.717, 1.165) is 10.5 Å². The maximum Gasteiger partial charge on any atom is 0.0479 e. The molecule has 1 aromatic heterocycles. The predicted molar refractivity (Wildman–Crippen MR) is 97.9 cm³/mol. The summed E-state index contributed by atoms with van der Waals surface area (Å²) in [4.78, 5) is 3.45. The first-order valence-electron chi connectivity index (χ1n) is 8.48. The molecule has 22 heavy (non-hydrogen) atoms. The van der Waals surface area contributed by atoms with Crippen molar-refractivity contribution in [2.24, 2.45) is 0 Å². The molecule has 0 spiro atoms. The number of hydrogen-bond acceptors (Lipinski definition) is 0. The van der Waals surface area contributed by atoms with Crippen LogP contribution in [0, 0.1) is 0 Å². The molecule has 1 N–H and O–H groups in total. The van der Waals surface area contributed by atoms with E-state index in [0.29, 0.717) is 0 Å². The third-order valence-electron chi connectivity index (χ3n) is 4.44. The average Bonchev–Trinajstić information content (AvgIpc) is 2.87. The molecule has 1 heterocycles. The quantitative estimate of drug-likeness (QED) is 0.458. The fraction of sp³-hybridized carbons (Fsp3) is 0.400. The third kappa shape index (κ3) is 3.47. The van der Waals surface area contributed by atoms with Crippen molar-refractivity contribution in [3.8, 4) is 0 Å². The van der Waals surface area contributed by atoms with Gasteiger partial charge in [0.15, 0.2) is 0 Å². The van der Waals surface area contributed by atoms with E-state index in [4.69, 9.17) is 11.6 Å². The highest BCUT2D eigenvalue weighted by atomic mass is 35.5. The molecule has 2 aromatic carbocycles. The maximum atomic E-state index is 6.08. The van der Waals surface area contributed by atoms with Crippen LogP contribution in [0.4, 0.5) is 0 Å². The van der Waals surface area contributed by atoms with Gasteiger partial charge in [-0.15, -0.1) is 0 Å². The standard InChI is InChI=1S/C20H24ClN/c1-2-3-4-5-6-7-8-15-9-12-19-18(13-15)17-11-10-16(21)14-20(17)22-19/h9-14,22H,2-8H2,1H3. The number of halogens is 1. The number of fused-ring (bicyclic) bond motifs is 3. The van der Waals surface area contributed by atoms with Gasteiger partial charge in [-0.05, 0) is 42.7 Å². The van der Waals surface area contributed by atoms with E-state index in [9.17, 15) is 0 Å². The molecule has 2 heteroatoms. The SMILES string of the molecule is CCCCCCCCc1ccc2[nH]c3cc(Cl)ccc3c2c1. The van der Waals surface area contributed by atoms with Crippen molar-refractivity contribution < 1.29 is 0 Å². The minimum absolute atomic E-state index is 0.784. The molecular weight excluding hydrogens is 290 g/mol. The molecule has 1 nitrogen and oxygen atoms in total. The van der Waals surface area contributed by atoms with Crippen LogP contribution in [0.5, 0.6) is 0 Å². The Morgan fingerprint density at radius 1 is 0.818 bits per heavy atom. The third-order valence-corrected chi connectivity index (χ3v) is 4.68. The molecule has 0 bridgehead atoms. The Hall–Kier alpha value is -1.47. The maximum absolute atomic E-state index is 6.08. The van der Waals surface area contributed by atoms with Crippen molar-refractivity contribution in [1.29, 1.82) is 0 Å². The fourth-order valence-electron chi connectivity index (χ4n) is 3.19. The van der Waals surface area contributed by atoms with E-state index in [1.165, 1.54) is 66.8 Å². The monoisotopic (exact) mass is 313 g/mol. The lowest BCUT2D eigenvalue weighted by Gasteiger charge is -2.03. The molecule has 3 rings (SSSR count). The van der Waals surface area contributed by atoms with Crippen LogP contribution in [0.1, 0.15) is 51.0 Å². The van der Waals surface area contributed by atoms with Crippen molar-refractivity contribution in [1.82, 2.24) is 4.98 Å². The predicted octanol–water partition coefficient (Wildman–Crippen LogP) is 6.88. The van der Waals surface area contributed by atoms with E-state index < -0.39 is 0 Å². The van der Waals surface area contributed by atoms with Crippen LogP contribution in [-0.2, 0) is 6.42 Å². The molecule has 0 amide bonds. The summed E-state index contributed by atoms with van der Waals surface area (Å²) >= 11 is 6.08. The summed E-state index contributed by atoms with van der Waals surface area (Å²) in [7, 11) is 0. The molecular formula is C20H24ClN. The van der Waals surface area contributed by atoms with E-state index in [1.807, 2.05) is 12.1 Å². The van der Waals surface area contributed by atoms with Gasteiger partial charge in [0.05, 0.1) is 0 Å². The first-order valence-corrected chi connectivity index (χ1v) is 8.85. The van der Waals surface area contributed by atoms with Crippen LogP contribution >= 0.6 is 11.6 Å². The van der Waals surface area contributed by atoms with Crippen molar-refractivity contribution >= 4 is 33.4 Å². The van der Waals surface area contributed by atoms with Gasteiger partial charge in [0.25, 0.3) is 0 Å². The Labute approximate surface area is 137 Å². The Morgan fingerprint density at radius 2 is 1.64 bits per heavy atom. The van der Waals surface area contributed by atoms with Gasteiger partial charge < -0.3 is 4.98 Å². The summed E-state index contributed by atoms with van der Waals surface area (Å²) in [5.74, 6) is 0. The van der Waals surface area contributed by atoms with E-state index >= 15 is 0 Å². The number of aromatic amines is 1. The van der Waals surface area contributed by atoms with Gasteiger partial charge >= 0.3 is 0 Å². The topological polar surface area (TPSA) is 15.8 Å². The number of aromatic nitrogens is 1. The summed E-state index contributed by atoms with van der Waals surface area (Å²) in [6, 6.07) is 12.9. The molecule has 0 unspecified atom stereocenters. The lowest BCUT2D eigenvalue weighted by atomic mass is 10.0. The Morgan fingerprint density at radius 3 is 2.50 bits per heavy atom. The van der Waals surface area contributed by atoms with Crippen LogP contribution in [0.15, 0.2) is 36.4 Å². The summed E-state index contributed by atoms with van der Waals surface area (Å²) in [5.41, 5.74) is 3.77. The molecule has 0 fully saturated rings. The van der Waals surface area contributed by atoms with E-state index in [-0.39, 0.29) is 0 Å². The normalized spacial score (nSPS) is 11.5. The Balaban J connectivity index is 1.71. The number of rotatable bonds is 7. The minimum Gasteiger partial charge on any atom is -0.354 e. The highest BCUT2D eigenvalue weighted by molar-refractivity contribution is 6.31. The summed E-state index contributed by atoms with van der Waals surface area (Å²) < 4.78 is 0. The van der Waals surface area contributed by atoms with Crippen LogP contribution < -0.4 is 0 Å². The molecule has 0 aliphatic carbocycles. The number of nitrogens with one attached hydrogen (secondary N) is 1. The second-order valence-electron chi connectivity index (χ2n) is 6.21. The van der Waals surface area contributed by atoms with Gasteiger partial charge in [0, 0.05) is 26.8 Å². The van der Waals surface area contributed by atoms with Crippen LogP contribution in [0.25, 0.3) is 21.8 Å². The average molecular weight is 314 g/mol. The fourth-order valence-corrected chi connectivity index (χ4v) is 3.36. The lowest BCUT2D eigenvalue weighted by molar-refractivity contribution is 0.607. The highest BCUT2D eigenvalue weighted by Crippen LogP contribution is 2.28. The first-order chi connectivity index (χ1) is 10.8. The first kappa shape index (κ1) is 15.4. The second-order valence-corrected chi connectivity index (χ2v) is 6.65. The molecule has 0 aliphatic heterocycles. The highest BCUT2D eigenvalue weighted by Gasteiger charge is 2.05. The van der Waals surface area contributed by atoms with Crippen molar-refractivity contribution in [2.45, 2.75) is 51.9 Å². The largest absolute Gasteiger partial charge is 0.354 e. The van der Waals surface area contributed by atoms with Crippen molar-refractivity contribution in [3.05, 3.63) is 47.0 Å². The van der Waals surface area contributed by atoms with Crippen LogP contribution in [0.2, 0.25) is 5.02 Å². The number of hydrogen-bond donors (Lipinski definition) is 1. The van der Waals surface area contributed by atoms with Crippen molar-refractivity contribution in [3.63, 3.8) is 0 Å². The number of benzene rings is 2. The molecule has 0 radical (unpaired) electrons. The van der Waals surface area contributed by atoms with Gasteiger partial charge in [-0.2, -0.15) is 0 Å². The Kier molecular flexibility index (Phi) is 5.04. The summed E-state index contributed by atoms with van der Waals surface area (Å²) in [6.07, 6.45) is 9.29. The van der Waals surface area contributed by atoms with Crippen molar-refractivity contribution in [2.75, 3.05) is 0 Å². The zero-order chi connectivity index (χ0) is 15.4. The Bertz CT molecular complexity index is 757. The molecule has 0 saturated heterocycles. The molecule has 0 atom stereocenters. The minimum atomic E-state index is 0.784. The van der Waals surface area contributed by atoms with E-state index in [1.54, 1.807) is 0 Å². The molecule has 0 saturated carbocycles. The van der Waals surface area contributed by atoms with Crippen LogP contribution in [0.3, 0.4) is 0 Å². The van der Waals surface area contributed by atoms with E-state index in [2.05, 4.69) is 36.2 Å². The zero-order valence-electron chi connectivity index (χ0n) is 13.3. The van der Waals surface area contributed by atoms with Gasteiger partial charge in [0.1, 0.15) is 0 Å². The smallest absolute Gasteiger partial charge is 0.0479 e. The summed E-state index contributed by atoms with van der Waals surface area (Å²) in [5, 5.41) is 3.37.